The molecule has 0 radical (unpaired) electrons. The summed E-state index contributed by atoms with van der Waals surface area (Å²) in [5.41, 5.74) is -0.806. The molecular formula is C6H11F. The molecule has 0 atom stereocenters. The molecule has 0 amide bonds. The van der Waals surface area contributed by atoms with Crippen molar-refractivity contribution in [1.82, 2.24) is 0 Å². The first kappa shape index (κ1) is 5.07. The van der Waals surface area contributed by atoms with Gasteiger partial charge in [-0.05, 0) is 25.7 Å². The topological polar surface area (TPSA) is 0 Å². The van der Waals surface area contributed by atoms with Crippen LogP contribution in [0.15, 0.2) is 0 Å². The summed E-state index contributed by atoms with van der Waals surface area (Å²) in [4.78, 5) is 0. The van der Waals surface area contributed by atoms with Crippen LogP contribution in [0.5, 0.6) is 0 Å². The number of halogens is 1. The molecule has 1 heteroatoms. The Bertz CT molecular complexity index is 68.2. The van der Waals surface area contributed by atoms with Gasteiger partial charge in [0.05, 0.1) is 0 Å². The summed E-state index contributed by atoms with van der Waals surface area (Å²) in [5, 5.41) is 0. The SMILES string of the molecule is CC1CC(C)(F)C1. The average Bonchev–Trinajstić information content (AvgIpc) is 1.27. The Morgan fingerprint density at radius 3 is 2.00 bits per heavy atom. The van der Waals surface area contributed by atoms with E-state index in [1.165, 1.54) is 0 Å². The lowest BCUT2D eigenvalue weighted by atomic mass is 9.75. The van der Waals surface area contributed by atoms with Crippen LogP contribution in [0.2, 0.25) is 0 Å². The second-order valence-corrected chi connectivity index (χ2v) is 2.93. The van der Waals surface area contributed by atoms with Crippen LogP contribution in [0.4, 0.5) is 4.39 Å². The highest BCUT2D eigenvalue weighted by atomic mass is 19.1. The maximum atomic E-state index is 12.5. The quantitative estimate of drug-likeness (QED) is 0.439. The minimum absolute atomic E-state index is 0.634. The van der Waals surface area contributed by atoms with Crippen LogP contribution >= 0.6 is 0 Å². The molecule has 0 spiro atoms. The molecule has 0 saturated heterocycles. The van der Waals surface area contributed by atoms with Crippen molar-refractivity contribution >= 4 is 0 Å². The van der Waals surface area contributed by atoms with Crippen LogP contribution in [0.25, 0.3) is 0 Å². The van der Waals surface area contributed by atoms with E-state index >= 15 is 0 Å². The number of hydrogen-bond donors (Lipinski definition) is 0. The Balaban J connectivity index is 2.29. The molecule has 0 aromatic heterocycles. The Morgan fingerprint density at radius 1 is 1.57 bits per heavy atom. The monoisotopic (exact) mass is 102 g/mol. The summed E-state index contributed by atoms with van der Waals surface area (Å²) in [5.74, 6) is 0.634. The molecule has 0 bridgehead atoms. The van der Waals surface area contributed by atoms with Crippen molar-refractivity contribution in [3.63, 3.8) is 0 Å². The minimum Gasteiger partial charge on any atom is -0.244 e. The maximum absolute atomic E-state index is 12.5. The van der Waals surface area contributed by atoms with E-state index < -0.39 is 5.67 Å². The molecule has 42 valence electrons. The fourth-order valence-electron chi connectivity index (χ4n) is 1.39. The van der Waals surface area contributed by atoms with Gasteiger partial charge < -0.3 is 0 Å². The molecule has 7 heavy (non-hydrogen) atoms. The van der Waals surface area contributed by atoms with Crippen molar-refractivity contribution in [2.45, 2.75) is 32.4 Å². The van der Waals surface area contributed by atoms with E-state index in [1.807, 2.05) is 0 Å². The predicted molar refractivity (Wildman–Crippen MR) is 27.9 cm³/mol. The largest absolute Gasteiger partial charge is 0.244 e. The first-order chi connectivity index (χ1) is 3.10. The molecule has 0 unspecified atom stereocenters. The van der Waals surface area contributed by atoms with E-state index in [9.17, 15) is 4.39 Å². The zero-order valence-corrected chi connectivity index (χ0v) is 4.87. The van der Waals surface area contributed by atoms with Gasteiger partial charge in [-0.15, -0.1) is 0 Å². The van der Waals surface area contributed by atoms with E-state index in [0.29, 0.717) is 5.92 Å². The van der Waals surface area contributed by atoms with Crippen LogP contribution < -0.4 is 0 Å². The third-order valence-electron chi connectivity index (χ3n) is 1.55. The van der Waals surface area contributed by atoms with Gasteiger partial charge in [-0.25, -0.2) is 4.39 Å². The van der Waals surface area contributed by atoms with Crippen molar-refractivity contribution in [2.75, 3.05) is 0 Å². The molecule has 1 aliphatic rings. The van der Waals surface area contributed by atoms with Gasteiger partial charge in [0, 0.05) is 0 Å². The first-order valence-corrected chi connectivity index (χ1v) is 2.79. The van der Waals surface area contributed by atoms with Gasteiger partial charge in [0.15, 0.2) is 0 Å². The normalized spacial score (nSPS) is 51.0. The third-order valence-corrected chi connectivity index (χ3v) is 1.55. The maximum Gasteiger partial charge on any atom is 0.108 e. The number of alkyl halides is 1. The highest BCUT2D eigenvalue weighted by Gasteiger charge is 2.37. The Labute approximate surface area is 43.7 Å². The molecule has 1 saturated carbocycles. The van der Waals surface area contributed by atoms with Crippen molar-refractivity contribution in [2.24, 2.45) is 5.92 Å². The van der Waals surface area contributed by atoms with Gasteiger partial charge in [-0.3, -0.25) is 0 Å². The van der Waals surface area contributed by atoms with Gasteiger partial charge in [-0.1, -0.05) is 6.92 Å². The zero-order chi connectivity index (χ0) is 5.49. The third kappa shape index (κ3) is 0.929. The second-order valence-electron chi connectivity index (χ2n) is 2.93. The average molecular weight is 102 g/mol. The van der Waals surface area contributed by atoms with Crippen LogP contribution in [0.3, 0.4) is 0 Å². The van der Waals surface area contributed by atoms with Crippen LogP contribution in [0, 0.1) is 5.92 Å². The number of hydrogen-bond acceptors (Lipinski definition) is 0. The summed E-state index contributed by atoms with van der Waals surface area (Å²) < 4.78 is 12.5. The molecule has 1 aliphatic carbocycles. The van der Waals surface area contributed by atoms with Crippen LogP contribution in [0.1, 0.15) is 26.7 Å². The molecular weight excluding hydrogens is 91.1 g/mol. The van der Waals surface area contributed by atoms with E-state index in [-0.39, 0.29) is 0 Å². The fourth-order valence-corrected chi connectivity index (χ4v) is 1.39. The highest BCUT2D eigenvalue weighted by Crippen LogP contribution is 2.39. The minimum atomic E-state index is -0.806. The van der Waals surface area contributed by atoms with Crippen LogP contribution in [-0.4, -0.2) is 5.67 Å². The summed E-state index contributed by atoms with van der Waals surface area (Å²) in [7, 11) is 0. The standard InChI is InChI=1S/C6H11F/c1-5-3-6(2,7)4-5/h5H,3-4H2,1-2H3. The fraction of sp³-hybridized carbons (Fsp3) is 1.00. The van der Waals surface area contributed by atoms with Gasteiger partial charge >= 0.3 is 0 Å². The van der Waals surface area contributed by atoms with Crippen molar-refractivity contribution in [3.05, 3.63) is 0 Å². The lowest BCUT2D eigenvalue weighted by Crippen LogP contribution is -2.34. The Kier molecular flexibility index (Phi) is 0.875. The molecule has 1 rings (SSSR count). The van der Waals surface area contributed by atoms with E-state index in [0.717, 1.165) is 12.8 Å². The molecule has 0 nitrogen and oxygen atoms in total. The molecule has 0 heterocycles. The summed E-state index contributed by atoms with van der Waals surface area (Å²) in [6.07, 6.45) is 1.54. The lowest BCUT2D eigenvalue weighted by Gasteiger charge is -2.36. The van der Waals surface area contributed by atoms with E-state index in [2.05, 4.69) is 6.92 Å². The summed E-state index contributed by atoms with van der Waals surface area (Å²) in [6, 6.07) is 0. The Hall–Kier alpha value is -0.0700. The molecule has 0 N–H and O–H groups in total. The van der Waals surface area contributed by atoms with Crippen molar-refractivity contribution in [1.29, 1.82) is 0 Å². The van der Waals surface area contributed by atoms with E-state index in [1.54, 1.807) is 6.92 Å². The lowest BCUT2D eigenvalue weighted by molar-refractivity contribution is 0.0347. The molecule has 0 aromatic carbocycles. The van der Waals surface area contributed by atoms with Crippen LogP contribution in [-0.2, 0) is 0 Å². The van der Waals surface area contributed by atoms with E-state index in [4.69, 9.17) is 0 Å². The predicted octanol–water partition coefficient (Wildman–Crippen LogP) is 2.14. The molecule has 0 aromatic rings. The van der Waals surface area contributed by atoms with Gasteiger partial charge in [0.1, 0.15) is 5.67 Å². The summed E-state index contributed by atoms with van der Waals surface area (Å²) in [6.45, 7) is 3.76. The van der Waals surface area contributed by atoms with Gasteiger partial charge in [0.2, 0.25) is 0 Å². The summed E-state index contributed by atoms with van der Waals surface area (Å²) >= 11 is 0. The first-order valence-electron chi connectivity index (χ1n) is 2.79. The molecule has 0 aliphatic heterocycles. The van der Waals surface area contributed by atoms with Crippen molar-refractivity contribution in [3.8, 4) is 0 Å². The van der Waals surface area contributed by atoms with Gasteiger partial charge in [-0.2, -0.15) is 0 Å². The molecule has 1 fully saturated rings. The van der Waals surface area contributed by atoms with Crippen molar-refractivity contribution < 1.29 is 4.39 Å². The van der Waals surface area contributed by atoms with Gasteiger partial charge in [0.25, 0.3) is 0 Å². The smallest absolute Gasteiger partial charge is 0.108 e. The highest BCUT2D eigenvalue weighted by molar-refractivity contribution is 4.87. The Morgan fingerprint density at radius 2 is 2.00 bits per heavy atom. The zero-order valence-electron chi connectivity index (χ0n) is 4.87. The second kappa shape index (κ2) is 1.21. The number of rotatable bonds is 0.